The summed E-state index contributed by atoms with van der Waals surface area (Å²) in [6.07, 6.45) is 1.64. The highest BCUT2D eigenvalue weighted by Gasteiger charge is 2.24. The molecule has 0 fully saturated rings. The molecule has 3 aromatic heterocycles. The maximum Gasteiger partial charge on any atom is 0.340 e. The third kappa shape index (κ3) is 4.49. The van der Waals surface area contributed by atoms with Crippen molar-refractivity contribution in [3.63, 3.8) is 0 Å². The van der Waals surface area contributed by atoms with E-state index in [0.29, 0.717) is 22.3 Å². The molecule has 3 heterocycles. The van der Waals surface area contributed by atoms with Crippen LogP contribution in [0, 0.1) is 0 Å². The number of ether oxygens (including phenoxy) is 1. The number of amides is 1. The van der Waals surface area contributed by atoms with Gasteiger partial charge in [0, 0.05) is 0 Å². The van der Waals surface area contributed by atoms with Gasteiger partial charge in [0.05, 0.1) is 39.9 Å². The van der Waals surface area contributed by atoms with Crippen molar-refractivity contribution in [2.45, 2.75) is 39.8 Å². The Bertz CT molecular complexity index is 1410. The lowest BCUT2D eigenvalue weighted by Gasteiger charge is -2.20. The molecule has 176 valence electrons. The Morgan fingerprint density at radius 2 is 1.91 bits per heavy atom. The van der Waals surface area contributed by atoms with Crippen LogP contribution >= 0.6 is 11.3 Å². The first-order valence-electron chi connectivity index (χ1n) is 10.8. The average molecular weight is 480 g/mol. The number of fused-ring (bicyclic) bond motifs is 1. The Hall–Kier alpha value is -3.79. The van der Waals surface area contributed by atoms with Crippen LogP contribution in [-0.2, 0) is 21.6 Å². The van der Waals surface area contributed by atoms with Crippen LogP contribution in [0.2, 0.25) is 0 Å². The summed E-state index contributed by atoms with van der Waals surface area (Å²) in [5.74, 6) is -1.03. The third-order valence-electron chi connectivity index (χ3n) is 5.06. The third-order valence-corrected chi connectivity index (χ3v) is 5.94. The second kappa shape index (κ2) is 9.22. The quantitative estimate of drug-likeness (QED) is 0.420. The van der Waals surface area contributed by atoms with Crippen molar-refractivity contribution >= 4 is 39.8 Å². The molecule has 0 unspecified atom stereocenters. The zero-order valence-electron chi connectivity index (χ0n) is 19.4. The summed E-state index contributed by atoms with van der Waals surface area (Å²) < 4.78 is 7.87. The van der Waals surface area contributed by atoms with E-state index in [1.807, 2.05) is 38.3 Å². The molecule has 4 aromatic rings. The van der Waals surface area contributed by atoms with E-state index in [4.69, 9.17) is 4.74 Å². The summed E-state index contributed by atoms with van der Waals surface area (Å²) in [6, 6.07) is 10.4. The Morgan fingerprint density at radius 3 is 2.59 bits per heavy atom. The molecule has 0 aliphatic rings. The monoisotopic (exact) mass is 479 g/mol. The van der Waals surface area contributed by atoms with Gasteiger partial charge in [0.15, 0.2) is 0 Å². The highest BCUT2D eigenvalue weighted by atomic mass is 32.1. The van der Waals surface area contributed by atoms with Gasteiger partial charge in [0.2, 0.25) is 5.91 Å². The summed E-state index contributed by atoms with van der Waals surface area (Å²) >= 11 is 1.49. The summed E-state index contributed by atoms with van der Waals surface area (Å²) in [5, 5.41) is 14.2. The number of thiophene rings is 1. The predicted octanol–water partition coefficient (Wildman–Crippen LogP) is 3.89. The number of carbonyl (C=O) groups is 2. The molecule has 0 atom stereocenters. The Labute approximate surface area is 200 Å². The molecule has 0 saturated heterocycles. The molecule has 0 spiro atoms. The standard InChI is InChI=1S/C24H25N5O4S/c1-5-33-23(32)15-9-6-7-10-17(15)26-19(30)14-28-22(31)21-16(13-25-29(21)24(2,3)4)20(27-28)18-11-8-12-34-18/h6-13H,5,14H2,1-4H3,(H,26,30). The van der Waals surface area contributed by atoms with Crippen LogP contribution in [0.15, 0.2) is 52.8 Å². The van der Waals surface area contributed by atoms with Gasteiger partial charge in [-0.25, -0.2) is 9.48 Å². The first-order valence-corrected chi connectivity index (χ1v) is 11.7. The van der Waals surface area contributed by atoms with Gasteiger partial charge in [-0.05, 0) is 51.3 Å². The van der Waals surface area contributed by atoms with Crippen LogP contribution in [-0.4, -0.2) is 38.0 Å². The number of nitrogens with zero attached hydrogens (tertiary/aromatic N) is 4. The lowest BCUT2D eigenvalue weighted by atomic mass is 10.1. The molecule has 1 aromatic carbocycles. The van der Waals surface area contributed by atoms with E-state index in [0.717, 1.165) is 9.56 Å². The number of benzene rings is 1. The number of nitrogens with one attached hydrogen (secondary N) is 1. The smallest absolute Gasteiger partial charge is 0.340 e. The van der Waals surface area contributed by atoms with E-state index >= 15 is 0 Å². The Morgan fingerprint density at radius 1 is 1.15 bits per heavy atom. The highest BCUT2D eigenvalue weighted by Crippen LogP contribution is 2.30. The van der Waals surface area contributed by atoms with E-state index in [1.165, 1.54) is 11.3 Å². The Balaban J connectivity index is 1.75. The molecule has 0 aliphatic carbocycles. The minimum absolute atomic E-state index is 0.216. The van der Waals surface area contributed by atoms with E-state index in [9.17, 15) is 14.4 Å². The van der Waals surface area contributed by atoms with Crippen molar-refractivity contribution in [2.24, 2.45) is 0 Å². The highest BCUT2D eigenvalue weighted by molar-refractivity contribution is 7.13. The molecule has 4 rings (SSSR count). The summed E-state index contributed by atoms with van der Waals surface area (Å²) in [7, 11) is 0. The molecule has 1 amide bonds. The fraction of sp³-hybridized carbons (Fsp3) is 0.292. The second-order valence-electron chi connectivity index (χ2n) is 8.59. The molecular weight excluding hydrogens is 454 g/mol. The molecule has 0 aliphatic heterocycles. The minimum Gasteiger partial charge on any atom is -0.462 e. The SMILES string of the molecule is CCOC(=O)c1ccccc1NC(=O)Cn1nc(-c2cccs2)c2cnn(C(C)(C)C)c2c1=O. The first kappa shape index (κ1) is 23.4. The minimum atomic E-state index is -0.538. The van der Waals surface area contributed by atoms with E-state index < -0.39 is 23.0 Å². The molecule has 34 heavy (non-hydrogen) atoms. The number of anilines is 1. The lowest BCUT2D eigenvalue weighted by Crippen LogP contribution is -2.33. The van der Waals surface area contributed by atoms with Crippen molar-refractivity contribution in [1.29, 1.82) is 0 Å². The lowest BCUT2D eigenvalue weighted by molar-refractivity contribution is -0.117. The van der Waals surface area contributed by atoms with Crippen molar-refractivity contribution in [2.75, 3.05) is 11.9 Å². The number of carbonyl (C=O) groups excluding carboxylic acids is 2. The van der Waals surface area contributed by atoms with Gasteiger partial charge in [-0.15, -0.1) is 11.3 Å². The van der Waals surface area contributed by atoms with Gasteiger partial charge in [-0.3, -0.25) is 14.3 Å². The van der Waals surface area contributed by atoms with Crippen LogP contribution in [0.25, 0.3) is 21.5 Å². The van der Waals surface area contributed by atoms with Gasteiger partial charge in [0.25, 0.3) is 5.56 Å². The van der Waals surface area contributed by atoms with E-state index in [2.05, 4.69) is 15.5 Å². The number of para-hydroxylation sites is 1. The number of hydrogen-bond acceptors (Lipinski definition) is 7. The van der Waals surface area contributed by atoms with E-state index in [1.54, 1.807) is 42.1 Å². The first-order chi connectivity index (χ1) is 16.2. The topological polar surface area (TPSA) is 108 Å². The maximum atomic E-state index is 13.4. The predicted molar refractivity (Wildman–Crippen MR) is 131 cm³/mol. The molecule has 9 nitrogen and oxygen atoms in total. The summed E-state index contributed by atoms with van der Waals surface area (Å²) in [4.78, 5) is 39.4. The largest absolute Gasteiger partial charge is 0.462 e. The zero-order chi connectivity index (χ0) is 24.5. The van der Waals surface area contributed by atoms with Crippen LogP contribution in [0.4, 0.5) is 5.69 Å². The fourth-order valence-electron chi connectivity index (χ4n) is 3.59. The van der Waals surface area contributed by atoms with E-state index in [-0.39, 0.29) is 18.7 Å². The molecule has 10 heteroatoms. The fourth-order valence-corrected chi connectivity index (χ4v) is 4.31. The van der Waals surface area contributed by atoms with Crippen molar-refractivity contribution in [1.82, 2.24) is 19.6 Å². The van der Waals surface area contributed by atoms with Crippen LogP contribution in [0.5, 0.6) is 0 Å². The number of rotatable bonds is 6. The van der Waals surface area contributed by atoms with Gasteiger partial charge in [0.1, 0.15) is 17.8 Å². The average Bonchev–Trinajstić information content (AvgIpc) is 3.46. The second-order valence-corrected chi connectivity index (χ2v) is 9.54. The molecule has 1 N–H and O–H groups in total. The molecule has 0 radical (unpaired) electrons. The Kier molecular flexibility index (Phi) is 6.34. The van der Waals surface area contributed by atoms with Crippen LogP contribution in [0.3, 0.4) is 0 Å². The van der Waals surface area contributed by atoms with Gasteiger partial charge >= 0.3 is 5.97 Å². The summed E-state index contributed by atoms with van der Waals surface area (Å²) in [5.41, 5.74) is 0.632. The maximum absolute atomic E-state index is 13.4. The molecular formula is C24H25N5O4S. The van der Waals surface area contributed by atoms with Crippen molar-refractivity contribution in [3.8, 4) is 10.6 Å². The number of esters is 1. The van der Waals surface area contributed by atoms with Crippen LogP contribution in [0.1, 0.15) is 38.1 Å². The summed E-state index contributed by atoms with van der Waals surface area (Å²) in [6.45, 7) is 7.45. The zero-order valence-corrected chi connectivity index (χ0v) is 20.2. The number of aromatic nitrogens is 4. The van der Waals surface area contributed by atoms with Crippen molar-refractivity contribution in [3.05, 3.63) is 63.9 Å². The molecule has 0 saturated carbocycles. The number of hydrogen-bond donors (Lipinski definition) is 1. The van der Waals surface area contributed by atoms with Gasteiger partial charge in [-0.1, -0.05) is 18.2 Å². The van der Waals surface area contributed by atoms with Crippen molar-refractivity contribution < 1.29 is 14.3 Å². The molecule has 0 bridgehead atoms. The van der Waals surface area contributed by atoms with Gasteiger partial charge < -0.3 is 10.1 Å². The van der Waals surface area contributed by atoms with Crippen LogP contribution < -0.4 is 10.9 Å². The normalized spacial score (nSPS) is 11.5. The van der Waals surface area contributed by atoms with Gasteiger partial charge in [-0.2, -0.15) is 10.2 Å².